The number of fused-ring (bicyclic) bond motifs is 1. The van der Waals surface area contributed by atoms with Crippen LogP contribution in [-0.4, -0.2) is 52.8 Å². The number of aromatic amines is 1. The van der Waals surface area contributed by atoms with Crippen LogP contribution < -0.4 is 9.64 Å². The molecule has 0 amide bonds. The number of halogens is 1. The van der Waals surface area contributed by atoms with E-state index >= 15 is 0 Å². The highest BCUT2D eigenvalue weighted by atomic mass is 79.9. The first-order chi connectivity index (χ1) is 16.2. The lowest BCUT2D eigenvalue weighted by Crippen LogP contribution is -2.46. The topological polar surface area (TPSA) is 66.5 Å². The molecule has 2 aromatic carbocycles. The van der Waals surface area contributed by atoms with Crippen molar-refractivity contribution in [2.75, 3.05) is 37.7 Å². The molecule has 0 saturated carbocycles. The van der Waals surface area contributed by atoms with Gasteiger partial charge in [0.2, 0.25) is 0 Å². The van der Waals surface area contributed by atoms with Crippen molar-refractivity contribution in [3.63, 3.8) is 0 Å². The molecule has 2 aromatic heterocycles. The fraction of sp³-hybridized carbons (Fsp3) is 0.280. The highest BCUT2D eigenvalue weighted by Crippen LogP contribution is 2.31. The second-order valence-corrected chi connectivity index (χ2v) is 8.73. The van der Waals surface area contributed by atoms with Crippen molar-refractivity contribution in [2.45, 2.75) is 13.5 Å². The molecule has 0 radical (unpaired) electrons. The van der Waals surface area contributed by atoms with Gasteiger partial charge in [-0.05, 0) is 58.7 Å². The van der Waals surface area contributed by atoms with Gasteiger partial charge in [-0.2, -0.15) is 5.06 Å². The first kappa shape index (κ1) is 21.9. The molecule has 1 saturated heterocycles. The maximum atomic E-state index is 5.97. The number of imidazole rings is 1. The molecule has 0 unspecified atom stereocenters. The number of rotatable bonds is 7. The molecule has 1 N–H and O–H groups in total. The molecule has 7 nitrogen and oxygen atoms in total. The van der Waals surface area contributed by atoms with Crippen molar-refractivity contribution < 1.29 is 9.57 Å². The summed E-state index contributed by atoms with van der Waals surface area (Å²) in [5.74, 6) is 2.54. The number of piperazine rings is 1. The van der Waals surface area contributed by atoms with Crippen LogP contribution in [-0.2, 0) is 11.4 Å². The molecule has 0 spiro atoms. The number of anilines is 1. The van der Waals surface area contributed by atoms with Crippen molar-refractivity contribution in [1.82, 2.24) is 20.0 Å². The molecule has 5 rings (SSSR count). The van der Waals surface area contributed by atoms with Crippen molar-refractivity contribution in [1.29, 1.82) is 0 Å². The molecule has 1 aliphatic heterocycles. The van der Waals surface area contributed by atoms with Crippen LogP contribution in [0.4, 0.5) is 5.82 Å². The summed E-state index contributed by atoms with van der Waals surface area (Å²) in [4.78, 5) is 20.8. The highest BCUT2D eigenvalue weighted by Gasteiger charge is 2.19. The summed E-state index contributed by atoms with van der Waals surface area (Å²) in [6, 6.07) is 20.2. The average Bonchev–Trinajstić information content (AvgIpc) is 3.28. The predicted octanol–water partition coefficient (Wildman–Crippen LogP) is 5.04. The lowest BCUT2D eigenvalue weighted by molar-refractivity contribution is -0.156. The van der Waals surface area contributed by atoms with Crippen LogP contribution in [0.2, 0.25) is 0 Å². The standard InChI is InChI=1S/C25H26BrN5O2/c1-2-33-31-14-12-30(13-15-31)23-11-9-21-25(28-23)29-24(27-21)19-8-10-22(20(26)16-19)32-17-18-6-4-3-5-7-18/h3-11,16H,2,12-15,17H2,1H3,(H,27,28,29). The third kappa shape index (κ3) is 5.03. The molecule has 8 heteroatoms. The summed E-state index contributed by atoms with van der Waals surface area (Å²) in [7, 11) is 0. The Morgan fingerprint density at radius 1 is 0.970 bits per heavy atom. The minimum absolute atomic E-state index is 0.523. The zero-order valence-corrected chi connectivity index (χ0v) is 20.1. The number of ether oxygens (including phenoxy) is 1. The van der Waals surface area contributed by atoms with E-state index in [9.17, 15) is 0 Å². The van der Waals surface area contributed by atoms with Crippen LogP contribution in [0.25, 0.3) is 22.6 Å². The quantitative estimate of drug-likeness (QED) is 0.378. The van der Waals surface area contributed by atoms with Gasteiger partial charge in [0.15, 0.2) is 5.65 Å². The normalized spacial score (nSPS) is 14.7. The highest BCUT2D eigenvalue weighted by molar-refractivity contribution is 9.10. The Morgan fingerprint density at radius 2 is 1.79 bits per heavy atom. The van der Waals surface area contributed by atoms with Crippen molar-refractivity contribution in [2.24, 2.45) is 0 Å². The Balaban J connectivity index is 1.30. The van der Waals surface area contributed by atoms with Gasteiger partial charge >= 0.3 is 0 Å². The molecular weight excluding hydrogens is 482 g/mol. The van der Waals surface area contributed by atoms with Gasteiger partial charge in [-0.3, -0.25) is 4.84 Å². The van der Waals surface area contributed by atoms with E-state index in [0.717, 1.165) is 70.3 Å². The summed E-state index contributed by atoms with van der Waals surface area (Å²) < 4.78 is 6.86. The number of aromatic nitrogens is 3. The van der Waals surface area contributed by atoms with E-state index in [1.807, 2.05) is 60.5 Å². The zero-order chi connectivity index (χ0) is 22.6. The third-order valence-electron chi connectivity index (χ3n) is 5.65. The van der Waals surface area contributed by atoms with Gasteiger partial charge in [-0.1, -0.05) is 30.3 Å². The first-order valence-electron chi connectivity index (χ1n) is 11.2. The molecule has 3 heterocycles. The molecule has 0 bridgehead atoms. The minimum Gasteiger partial charge on any atom is -0.488 e. The first-order valence-corrected chi connectivity index (χ1v) is 11.9. The summed E-state index contributed by atoms with van der Waals surface area (Å²) in [6.45, 7) is 6.75. The largest absolute Gasteiger partial charge is 0.488 e. The molecule has 0 atom stereocenters. The van der Waals surface area contributed by atoms with Crippen LogP contribution in [0.15, 0.2) is 65.1 Å². The Kier molecular flexibility index (Phi) is 6.57. The Hall–Kier alpha value is -2.94. The second kappa shape index (κ2) is 9.91. The van der Waals surface area contributed by atoms with Crippen LogP contribution in [0, 0.1) is 0 Å². The number of nitrogens with zero attached hydrogens (tertiary/aromatic N) is 4. The Morgan fingerprint density at radius 3 is 2.55 bits per heavy atom. The van der Waals surface area contributed by atoms with Gasteiger partial charge < -0.3 is 14.6 Å². The van der Waals surface area contributed by atoms with E-state index in [2.05, 4.69) is 37.9 Å². The fourth-order valence-corrected chi connectivity index (χ4v) is 4.42. The monoisotopic (exact) mass is 507 g/mol. The number of H-pyrrole nitrogens is 1. The summed E-state index contributed by atoms with van der Waals surface area (Å²) in [5.41, 5.74) is 3.74. The van der Waals surface area contributed by atoms with E-state index in [4.69, 9.17) is 19.5 Å². The van der Waals surface area contributed by atoms with Crippen LogP contribution in [0.5, 0.6) is 5.75 Å². The van der Waals surface area contributed by atoms with Crippen molar-refractivity contribution >= 4 is 32.9 Å². The van der Waals surface area contributed by atoms with Crippen LogP contribution >= 0.6 is 15.9 Å². The summed E-state index contributed by atoms with van der Waals surface area (Å²) in [6.07, 6.45) is 0. The van der Waals surface area contributed by atoms with Crippen LogP contribution in [0.3, 0.4) is 0 Å². The van der Waals surface area contributed by atoms with Gasteiger partial charge in [0.25, 0.3) is 0 Å². The number of pyridine rings is 1. The summed E-state index contributed by atoms with van der Waals surface area (Å²) >= 11 is 3.64. The molecule has 1 fully saturated rings. The van der Waals surface area contributed by atoms with Crippen molar-refractivity contribution in [3.05, 3.63) is 70.7 Å². The lowest BCUT2D eigenvalue weighted by atomic mass is 10.2. The maximum Gasteiger partial charge on any atom is 0.160 e. The third-order valence-corrected chi connectivity index (χ3v) is 6.26. The van der Waals surface area contributed by atoms with Gasteiger partial charge in [0.1, 0.15) is 29.5 Å². The lowest BCUT2D eigenvalue weighted by Gasteiger charge is -2.34. The fourth-order valence-electron chi connectivity index (χ4n) is 3.93. The number of hydroxylamine groups is 2. The Labute approximate surface area is 201 Å². The smallest absolute Gasteiger partial charge is 0.160 e. The molecule has 33 heavy (non-hydrogen) atoms. The van der Waals surface area contributed by atoms with Gasteiger partial charge in [-0.25, -0.2) is 9.97 Å². The Bertz CT molecular complexity index is 1220. The van der Waals surface area contributed by atoms with Gasteiger partial charge in [0, 0.05) is 31.7 Å². The van der Waals surface area contributed by atoms with Gasteiger partial charge in [-0.15, -0.1) is 0 Å². The van der Waals surface area contributed by atoms with E-state index in [1.54, 1.807) is 0 Å². The maximum absolute atomic E-state index is 5.97. The number of hydrogen-bond acceptors (Lipinski definition) is 6. The van der Waals surface area contributed by atoms with Crippen molar-refractivity contribution in [3.8, 4) is 17.1 Å². The molecule has 4 aromatic rings. The zero-order valence-electron chi connectivity index (χ0n) is 18.5. The SMILES string of the molecule is CCON1CCN(c2ccc3nc(-c4ccc(OCc5ccccc5)c(Br)c4)[nH]c3n2)CC1. The average molecular weight is 508 g/mol. The minimum atomic E-state index is 0.523. The number of nitrogens with one attached hydrogen (secondary N) is 1. The molecule has 0 aliphatic carbocycles. The van der Waals surface area contributed by atoms with E-state index in [-0.39, 0.29) is 0 Å². The van der Waals surface area contributed by atoms with E-state index in [1.165, 1.54) is 0 Å². The number of hydrogen-bond donors (Lipinski definition) is 1. The number of benzene rings is 2. The van der Waals surface area contributed by atoms with E-state index in [0.29, 0.717) is 13.2 Å². The molecule has 1 aliphatic rings. The molecular formula is C25H26BrN5O2. The predicted molar refractivity (Wildman–Crippen MR) is 133 cm³/mol. The second-order valence-electron chi connectivity index (χ2n) is 7.88. The van der Waals surface area contributed by atoms with E-state index < -0.39 is 0 Å². The van der Waals surface area contributed by atoms with Gasteiger partial charge in [0.05, 0.1) is 11.1 Å². The summed E-state index contributed by atoms with van der Waals surface area (Å²) in [5, 5.41) is 2.02. The van der Waals surface area contributed by atoms with Crippen LogP contribution in [0.1, 0.15) is 12.5 Å². The molecule has 170 valence electrons.